The van der Waals surface area contributed by atoms with E-state index < -0.39 is 6.09 Å². The molecule has 5 heteroatoms. The van der Waals surface area contributed by atoms with Crippen molar-refractivity contribution in [2.24, 2.45) is 0 Å². The van der Waals surface area contributed by atoms with E-state index in [-0.39, 0.29) is 6.61 Å². The second-order valence-corrected chi connectivity index (χ2v) is 3.44. The van der Waals surface area contributed by atoms with Gasteiger partial charge in [0.1, 0.15) is 6.61 Å². The number of amides is 1. The number of hydrogen-bond acceptors (Lipinski definition) is 4. The average molecular weight is 238 g/mol. The van der Waals surface area contributed by atoms with Crippen LogP contribution in [0.2, 0.25) is 0 Å². The van der Waals surface area contributed by atoms with Gasteiger partial charge in [-0.3, -0.25) is 0 Å². The number of alkyl carbamates (subject to hydrolysis) is 1. The lowest BCUT2D eigenvalue weighted by molar-refractivity contribution is 0.133. The predicted octanol–water partition coefficient (Wildman–Crippen LogP) is 1.60. The number of hydrogen-bond donors (Lipinski definition) is 2. The second-order valence-electron chi connectivity index (χ2n) is 3.44. The number of ether oxygens (including phenoxy) is 2. The number of methoxy groups -OCH3 is 1. The van der Waals surface area contributed by atoms with Crippen molar-refractivity contribution >= 4 is 11.8 Å². The summed E-state index contributed by atoms with van der Waals surface area (Å²) < 4.78 is 9.83. The monoisotopic (exact) mass is 238 g/mol. The number of nitrogens with one attached hydrogen (secondary N) is 2. The molecule has 1 rings (SSSR count). The molecular formula is C12H18N2O3. The fraction of sp³-hybridized carbons (Fsp3) is 0.417. The van der Waals surface area contributed by atoms with Crippen molar-refractivity contribution in [3.63, 3.8) is 0 Å². The number of anilines is 1. The molecule has 0 radical (unpaired) electrons. The minimum atomic E-state index is -0.431. The first kappa shape index (κ1) is 13.3. The molecule has 0 unspecified atom stereocenters. The molecule has 0 aromatic heterocycles. The molecule has 5 nitrogen and oxygen atoms in total. The molecule has 0 heterocycles. The fourth-order valence-corrected chi connectivity index (χ4v) is 1.22. The largest absolute Gasteiger partial charge is 0.445 e. The maximum absolute atomic E-state index is 11.2. The molecule has 1 aromatic carbocycles. The first-order valence-corrected chi connectivity index (χ1v) is 5.42. The molecule has 0 fully saturated rings. The van der Waals surface area contributed by atoms with Gasteiger partial charge >= 0.3 is 6.09 Å². The Morgan fingerprint density at radius 2 is 2.00 bits per heavy atom. The molecule has 0 aliphatic heterocycles. The van der Waals surface area contributed by atoms with Crippen molar-refractivity contribution in [3.8, 4) is 0 Å². The van der Waals surface area contributed by atoms with Crippen LogP contribution in [0.4, 0.5) is 10.5 Å². The van der Waals surface area contributed by atoms with E-state index in [1.807, 2.05) is 31.3 Å². The Hall–Kier alpha value is -1.75. The van der Waals surface area contributed by atoms with E-state index in [0.29, 0.717) is 13.2 Å². The molecule has 1 amide bonds. The highest BCUT2D eigenvalue weighted by Crippen LogP contribution is 2.09. The summed E-state index contributed by atoms with van der Waals surface area (Å²) in [5.74, 6) is 0. The van der Waals surface area contributed by atoms with Gasteiger partial charge in [0.25, 0.3) is 0 Å². The van der Waals surface area contributed by atoms with E-state index in [4.69, 9.17) is 9.47 Å². The van der Waals surface area contributed by atoms with Crippen LogP contribution in [0.5, 0.6) is 0 Å². The lowest BCUT2D eigenvalue weighted by Crippen LogP contribution is -2.27. The van der Waals surface area contributed by atoms with Gasteiger partial charge in [-0.05, 0) is 17.7 Å². The van der Waals surface area contributed by atoms with Crippen LogP contribution in [0.3, 0.4) is 0 Å². The maximum atomic E-state index is 11.2. The Labute approximate surface area is 101 Å². The van der Waals surface area contributed by atoms with E-state index in [9.17, 15) is 4.79 Å². The van der Waals surface area contributed by atoms with Gasteiger partial charge in [-0.15, -0.1) is 0 Å². The lowest BCUT2D eigenvalue weighted by Gasteiger charge is -2.07. The Balaban J connectivity index is 2.27. The highest BCUT2D eigenvalue weighted by Gasteiger charge is 2.01. The van der Waals surface area contributed by atoms with Crippen LogP contribution in [0, 0.1) is 0 Å². The molecule has 0 bridgehead atoms. The summed E-state index contributed by atoms with van der Waals surface area (Å²) in [4.78, 5) is 11.2. The zero-order valence-corrected chi connectivity index (χ0v) is 10.2. The van der Waals surface area contributed by atoms with Gasteiger partial charge in [-0.25, -0.2) is 4.79 Å². The van der Waals surface area contributed by atoms with Crippen LogP contribution < -0.4 is 10.6 Å². The Morgan fingerprint density at radius 3 is 2.59 bits per heavy atom. The number of carbonyl (C=O) groups excluding carboxylic acids is 1. The Bertz CT molecular complexity index is 338. The van der Waals surface area contributed by atoms with Gasteiger partial charge in [0.15, 0.2) is 0 Å². The molecule has 0 spiro atoms. The Kier molecular flexibility index (Phi) is 5.88. The van der Waals surface area contributed by atoms with E-state index in [0.717, 1.165) is 11.3 Å². The molecule has 2 N–H and O–H groups in total. The van der Waals surface area contributed by atoms with Crippen LogP contribution >= 0.6 is 0 Å². The summed E-state index contributed by atoms with van der Waals surface area (Å²) in [6.07, 6.45) is -0.431. The summed E-state index contributed by atoms with van der Waals surface area (Å²) in [5.41, 5.74) is 1.98. The quantitative estimate of drug-likeness (QED) is 0.739. The van der Waals surface area contributed by atoms with Crippen LogP contribution in [0.15, 0.2) is 24.3 Å². The van der Waals surface area contributed by atoms with E-state index >= 15 is 0 Å². The average Bonchev–Trinajstić information content (AvgIpc) is 2.37. The van der Waals surface area contributed by atoms with Crippen molar-refractivity contribution < 1.29 is 14.3 Å². The first-order valence-electron chi connectivity index (χ1n) is 5.42. The van der Waals surface area contributed by atoms with Crippen molar-refractivity contribution in [2.75, 3.05) is 32.6 Å². The fourth-order valence-electron chi connectivity index (χ4n) is 1.22. The third kappa shape index (κ3) is 5.21. The van der Waals surface area contributed by atoms with E-state index in [1.54, 1.807) is 7.11 Å². The molecular weight excluding hydrogens is 220 g/mol. The van der Waals surface area contributed by atoms with Gasteiger partial charge in [-0.2, -0.15) is 0 Å². The molecule has 0 saturated carbocycles. The highest BCUT2D eigenvalue weighted by molar-refractivity contribution is 5.67. The maximum Gasteiger partial charge on any atom is 0.407 e. The highest BCUT2D eigenvalue weighted by atomic mass is 16.5. The van der Waals surface area contributed by atoms with Gasteiger partial charge in [0.2, 0.25) is 0 Å². The molecule has 0 saturated heterocycles. The third-order valence-corrected chi connectivity index (χ3v) is 2.19. The zero-order valence-electron chi connectivity index (χ0n) is 10.2. The minimum absolute atomic E-state index is 0.267. The molecule has 17 heavy (non-hydrogen) atoms. The second kappa shape index (κ2) is 7.51. The van der Waals surface area contributed by atoms with Crippen molar-refractivity contribution in [1.82, 2.24) is 5.32 Å². The molecule has 0 aliphatic rings. The first-order chi connectivity index (χ1) is 8.26. The normalized spacial score (nSPS) is 9.76. The van der Waals surface area contributed by atoms with Gasteiger partial charge in [-0.1, -0.05) is 12.1 Å². The zero-order chi connectivity index (χ0) is 12.5. The van der Waals surface area contributed by atoms with Gasteiger partial charge in [0.05, 0.1) is 6.61 Å². The summed E-state index contributed by atoms with van der Waals surface area (Å²) in [6, 6.07) is 7.69. The standard InChI is InChI=1S/C12H18N2O3/c1-13-11-5-3-10(4-6-11)9-17-12(15)14-7-8-16-2/h3-6,13H,7-9H2,1-2H3,(H,14,15). The molecule has 94 valence electrons. The van der Waals surface area contributed by atoms with Crippen molar-refractivity contribution in [2.45, 2.75) is 6.61 Å². The van der Waals surface area contributed by atoms with Crippen molar-refractivity contribution in [3.05, 3.63) is 29.8 Å². The van der Waals surface area contributed by atoms with E-state index in [1.165, 1.54) is 0 Å². The summed E-state index contributed by atoms with van der Waals surface area (Å²) in [7, 11) is 3.44. The third-order valence-electron chi connectivity index (χ3n) is 2.19. The van der Waals surface area contributed by atoms with Crippen molar-refractivity contribution in [1.29, 1.82) is 0 Å². The predicted molar refractivity (Wildman–Crippen MR) is 66.1 cm³/mol. The summed E-state index contributed by atoms with van der Waals surface area (Å²) in [6.45, 7) is 1.20. The number of rotatable bonds is 6. The lowest BCUT2D eigenvalue weighted by atomic mass is 10.2. The topological polar surface area (TPSA) is 59.6 Å². The van der Waals surface area contributed by atoms with Gasteiger partial charge < -0.3 is 20.1 Å². The summed E-state index contributed by atoms with van der Waals surface area (Å²) in [5, 5.41) is 5.60. The number of carbonyl (C=O) groups is 1. The van der Waals surface area contributed by atoms with Crippen LogP contribution in [0.1, 0.15) is 5.56 Å². The smallest absolute Gasteiger partial charge is 0.407 e. The molecule has 1 aromatic rings. The van der Waals surface area contributed by atoms with Crippen LogP contribution in [-0.2, 0) is 16.1 Å². The summed E-state index contributed by atoms with van der Waals surface area (Å²) >= 11 is 0. The number of benzene rings is 1. The van der Waals surface area contributed by atoms with Crippen LogP contribution in [0.25, 0.3) is 0 Å². The molecule has 0 aliphatic carbocycles. The van der Waals surface area contributed by atoms with E-state index in [2.05, 4.69) is 10.6 Å². The van der Waals surface area contributed by atoms with Gasteiger partial charge in [0, 0.05) is 26.4 Å². The minimum Gasteiger partial charge on any atom is -0.445 e. The Morgan fingerprint density at radius 1 is 1.29 bits per heavy atom. The van der Waals surface area contributed by atoms with Crippen LogP contribution in [-0.4, -0.2) is 33.4 Å². The molecule has 0 atom stereocenters. The SMILES string of the molecule is CNc1ccc(COC(=O)NCCOC)cc1.